The molecule has 2 amide bonds. The predicted octanol–water partition coefficient (Wildman–Crippen LogP) is 4.34. The van der Waals surface area contributed by atoms with Crippen molar-refractivity contribution in [1.82, 2.24) is 9.91 Å². The van der Waals surface area contributed by atoms with E-state index in [0.29, 0.717) is 24.3 Å². The van der Waals surface area contributed by atoms with Gasteiger partial charge in [-0.05, 0) is 34.6 Å². The molecule has 0 radical (unpaired) electrons. The van der Waals surface area contributed by atoms with Crippen LogP contribution >= 0.6 is 11.3 Å². The summed E-state index contributed by atoms with van der Waals surface area (Å²) in [4.78, 5) is 28.3. The molecule has 0 bridgehead atoms. The van der Waals surface area contributed by atoms with E-state index in [1.54, 1.807) is 32.6 Å². The third-order valence-electron chi connectivity index (χ3n) is 5.24. The third-order valence-corrected chi connectivity index (χ3v) is 6.16. The summed E-state index contributed by atoms with van der Waals surface area (Å²) in [6.07, 6.45) is 0.959. The Morgan fingerprint density at radius 3 is 2.50 bits per heavy atom. The zero-order chi connectivity index (χ0) is 23.5. The number of hydrogen-bond acceptors (Lipinski definition) is 6. The number of nitrogens with zero attached hydrogens (tertiary/aromatic N) is 3. The first-order valence-electron chi connectivity index (χ1n) is 10.5. The van der Waals surface area contributed by atoms with E-state index in [4.69, 9.17) is 9.47 Å². The van der Waals surface area contributed by atoms with Crippen LogP contribution in [-0.2, 0) is 9.59 Å². The first-order valence-corrected chi connectivity index (χ1v) is 11.4. The molecule has 172 valence electrons. The van der Waals surface area contributed by atoms with Crippen molar-refractivity contribution in [2.45, 2.75) is 39.7 Å². The van der Waals surface area contributed by atoms with E-state index < -0.39 is 0 Å². The highest BCUT2D eigenvalue weighted by Gasteiger charge is 2.35. The number of amides is 2. The van der Waals surface area contributed by atoms with Crippen LogP contribution in [0.4, 0.5) is 0 Å². The molecule has 1 atom stereocenters. The lowest BCUT2D eigenvalue weighted by atomic mass is 9.92. The van der Waals surface area contributed by atoms with Crippen molar-refractivity contribution < 1.29 is 19.1 Å². The lowest BCUT2D eigenvalue weighted by Crippen LogP contribution is -2.40. The summed E-state index contributed by atoms with van der Waals surface area (Å²) in [6.45, 7) is 5.99. The number of methoxy groups -OCH3 is 2. The van der Waals surface area contributed by atoms with Crippen molar-refractivity contribution in [3.05, 3.63) is 46.2 Å². The Hall–Kier alpha value is -2.87. The van der Waals surface area contributed by atoms with Crippen LogP contribution in [0.1, 0.15) is 50.1 Å². The van der Waals surface area contributed by atoms with Crippen LogP contribution in [0.25, 0.3) is 0 Å². The van der Waals surface area contributed by atoms with E-state index in [1.165, 1.54) is 9.91 Å². The minimum Gasteiger partial charge on any atom is -0.493 e. The quantitative estimate of drug-likeness (QED) is 0.620. The van der Waals surface area contributed by atoms with E-state index in [-0.39, 0.29) is 29.8 Å². The van der Waals surface area contributed by atoms with E-state index in [9.17, 15) is 9.59 Å². The summed E-state index contributed by atoms with van der Waals surface area (Å²) in [5.41, 5.74) is 1.61. The molecule has 1 aromatic carbocycles. The van der Waals surface area contributed by atoms with E-state index >= 15 is 0 Å². The average molecular weight is 458 g/mol. The standard InChI is InChI=1S/C24H31N3O4S/c1-24(2,3)14-22(28)26(4)15-23(29)27-18(13-17(25-27)21-8-7-11-32-21)16-9-10-19(30-5)20(12-16)31-6/h7-12,18H,13-15H2,1-6H3/t18-/m0/s1. The maximum atomic E-state index is 13.3. The van der Waals surface area contributed by atoms with Gasteiger partial charge in [0.2, 0.25) is 5.91 Å². The molecule has 1 aromatic heterocycles. The predicted molar refractivity (Wildman–Crippen MR) is 126 cm³/mol. The lowest BCUT2D eigenvalue weighted by molar-refractivity contribution is -0.141. The number of carbonyl (C=O) groups is 2. The van der Waals surface area contributed by atoms with Crippen molar-refractivity contribution in [1.29, 1.82) is 0 Å². The number of rotatable bonds is 7. The number of likely N-dealkylation sites (N-methyl/N-ethyl adjacent to an activating group) is 1. The van der Waals surface area contributed by atoms with Crippen LogP contribution < -0.4 is 9.47 Å². The molecule has 3 rings (SSSR count). The van der Waals surface area contributed by atoms with Gasteiger partial charge in [0.05, 0.1) is 30.9 Å². The van der Waals surface area contributed by atoms with Crippen LogP contribution in [-0.4, -0.2) is 55.2 Å². The van der Waals surface area contributed by atoms with Gasteiger partial charge >= 0.3 is 0 Å². The number of ether oxygens (including phenoxy) is 2. The molecular formula is C24H31N3O4S. The van der Waals surface area contributed by atoms with Crippen LogP contribution in [0.3, 0.4) is 0 Å². The molecule has 0 fully saturated rings. The number of thiophene rings is 1. The fourth-order valence-corrected chi connectivity index (χ4v) is 4.32. The van der Waals surface area contributed by atoms with E-state index in [2.05, 4.69) is 5.10 Å². The molecule has 8 heteroatoms. The Labute approximate surface area is 193 Å². The van der Waals surface area contributed by atoms with Crippen LogP contribution in [0, 0.1) is 5.41 Å². The fraction of sp³-hybridized carbons (Fsp3) is 0.458. The third kappa shape index (κ3) is 5.48. The normalized spacial score (nSPS) is 16.0. The van der Waals surface area contributed by atoms with Gasteiger partial charge in [0, 0.05) is 19.9 Å². The van der Waals surface area contributed by atoms with Gasteiger partial charge in [0.1, 0.15) is 6.54 Å². The van der Waals surface area contributed by atoms with Crippen molar-refractivity contribution >= 4 is 28.9 Å². The minimum absolute atomic E-state index is 0.0279. The Bertz CT molecular complexity index is 995. The molecule has 0 saturated carbocycles. The molecule has 2 heterocycles. The highest BCUT2D eigenvalue weighted by atomic mass is 32.1. The molecular weight excluding hydrogens is 426 g/mol. The number of carbonyl (C=O) groups excluding carboxylic acids is 2. The topological polar surface area (TPSA) is 71.4 Å². The maximum Gasteiger partial charge on any atom is 0.262 e. The van der Waals surface area contributed by atoms with Crippen molar-refractivity contribution in [3.8, 4) is 11.5 Å². The second kappa shape index (κ2) is 9.73. The highest BCUT2D eigenvalue weighted by Crippen LogP contribution is 2.38. The summed E-state index contributed by atoms with van der Waals surface area (Å²) >= 11 is 1.59. The summed E-state index contributed by atoms with van der Waals surface area (Å²) in [7, 11) is 4.84. The van der Waals surface area contributed by atoms with Crippen LogP contribution in [0.15, 0.2) is 40.8 Å². The van der Waals surface area contributed by atoms with Crippen LogP contribution in [0.2, 0.25) is 0 Å². The zero-order valence-electron chi connectivity index (χ0n) is 19.5. The molecule has 1 aliphatic heterocycles. The van der Waals surface area contributed by atoms with Gasteiger partial charge in [-0.15, -0.1) is 11.3 Å². The molecule has 32 heavy (non-hydrogen) atoms. The second-order valence-electron chi connectivity index (χ2n) is 9.08. The first-order chi connectivity index (χ1) is 15.1. The van der Waals surface area contributed by atoms with Gasteiger partial charge in [0.25, 0.3) is 5.91 Å². The highest BCUT2D eigenvalue weighted by molar-refractivity contribution is 7.12. The molecule has 0 N–H and O–H groups in total. The molecule has 7 nitrogen and oxygen atoms in total. The van der Waals surface area contributed by atoms with Gasteiger partial charge in [-0.3, -0.25) is 9.59 Å². The summed E-state index contributed by atoms with van der Waals surface area (Å²) in [5, 5.41) is 8.18. The van der Waals surface area contributed by atoms with Crippen molar-refractivity contribution in [2.24, 2.45) is 10.5 Å². The maximum absolute atomic E-state index is 13.3. The largest absolute Gasteiger partial charge is 0.493 e. The summed E-state index contributed by atoms with van der Waals surface area (Å²) < 4.78 is 10.8. The number of hydrogen-bond donors (Lipinski definition) is 0. The zero-order valence-corrected chi connectivity index (χ0v) is 20.4. The Kier molecular flexibility index (Phi) is 7.23. The van der Waals surface area contributed by atoms with Gasteiger partial charge < -0.3 is 14.4 Å². The molecule has 0 saturated heterocycles. The smallest absolute Gasteiger partial charge is 0.262 e. The Morgan fingerprint density at radius 1 is 1.19 bits per heavy atom. The van der Waals surface area contributed by atoms with Gasteiger partial charge in [-0.2, -0.15) is 5.10 Å². The van der Waals surface area contributed by atoms with E-state index in [1.807, 2.05) is 56.5 Å². The minimum atomic E-state index is -0.287. The first kappa shape index (κ1) is 23.8. The van der Waals surface area contributed by atoms with Gasteiger partial charge in [-0.1, -0.05) is 32.9 Å². The van der Waals surface area contributed by atoms with Gasteiger partial charge in [0.15, 0.2) is 11.5 Å². The molecule has 0 aliphatic carbocycles. The van der Waals surface area contributed by atoms with Crippen LogP contribution in [0.5, 0.6) is 11.5 Å². The monoisotopic (exact) mass is 457 g/mol. The second-order valence-corrected chi connectivity index (χ2v) is 10.0. The number of hydrazone groups is 1. The molecule has 2 aromatic rings. The molecule has 1 aliphatic rings. The SMILES string of the molecule is COc1ccc([C@@H]2CC(c3cccs3)=NN2C(=O)CN(C)C(=O)CC(C)(C)C)cc1OC. The van der Waals surface area contributed by atoms with Gasteiger partial charge in [-0.25, -0.2) is 5.01 Å². The van der Waals surface area contributed by atoms with E-state index in [0.717, 1.165) is 16.2 Å². The summed E-state index contributed by atoms with van der Waals surface area (Å²) in [5.74, 6) is 0.940. The molecule has 0 unspecified atom stereocenters. The Morgan fingerprint density at radius 2 is 1.91 bits per heavy atom. The summed E-state index contributed by atoms with van der Waals surface area (Å²) in [6, 6.07) is 9.32. The number of benzene rings is 1. The van der Waals surface area contributed by atoms with Crippen molar-refractivity contribution in [3.63, 3.8) is 0 Å². The average Bonchev–Trinajstić information content (AvgIpc) is 3.41. The molecule has 0 spiro atoms. The fourth-order valence-electron chi connectivity index (χ4n) is 3.60. The lowest BCUT2D eigenvalue weighted by Gasteiger charge is -2.27. The Balaban J connectivity index is 1.87. The van der Waals surface area contributed by atoms with Crippen molar-refractivity contribution in [2.75, 3.05) is 27.8 Å².